The summed E-state index contributed by atoms with van der Waals surface area (Å²) in [5.74, 6) is -2.03. The number of nitrogens with one attached hydrogen (secondary N) is 3. The molecule has 0 saturated heterocycles. The maximum Gasteiger partial charge on any atom is 0.329 e. The van der Waals surface area contributed by atoms with Crippen molar-refractivity contribution in [3.05, 3.63) is 32.6 Å². The van der Waals surface area contributed by atoms with Crippen molar-refractivity contribution in [2.75, 3.05) is 0 Å². The molecule has 98 valence electrons. The molecule has 0 aliphatic heterocycles. The lowest BCUT2D eigenvalue weighted by Gasteiger charge is -2.24. The Hall–Kier alpha value is -2.38. The van der Waals surface area contributed by atoms with Crippen LogP contribution in [0.15, 0.2) is 15.7 Å². The standard InChI is InChI=1S/C10H13N3O5/c1-3-10(2,8(16)17)13-7(15)5-4-6(14)12-9(18)11-5/h4H,3H2,1-2H3,(H,13,15)(H,16,17)(H2,11,12,14,18). The number of aromatic amines is 2. The minimum absolute atomic E-state index is 0.154. The molecule has 1 rings (SSSR count). The minimum Gasteiger partial charge on any atom is -0.480 e. The number of hydrogen-bond donors (Lipinski definition) is 4. The maximum atomic E-state index is 11.7. The lowest BCUT2D eigenvalue weighted by atomic mass is 9.99. The SMILES string of the molecule is CCC(C)(NC(=O)c1cc(=O)[nH]c(=O)[nH]1)C(=O)O. The second-order valence-corrected chi connectivity index (χ2v) is 3.95. The first-order chi connectivity index (χ1) is 8.28. The van der Waals surface area contributed by atoms with Crippen molar-refractivity contribution in [3.63, 3.8) is 0 Å². The Morgan fingerprint density at radius 2 is 2.00 bits per heavy atom. The van der Waals surface area contributed by atoms with Crippen molar-refractivity contribution >= 4 is 11.9 Å². The van der Waals surface area contributed by atoms with E-state index in [0.717, 1.165) is 6.07 Å². The molecule has 0 spiro atoms. The van der Waals surface area contributed by atoms with Crippen molar-refractivity contribution in [2.24, 2.45) is 0 Å². The number of aromatic nitrogens is 2. The molecule has 0 bridgehead atoms. The highest BCUT2D eigenvalue weighted by atomic mass is 16.4. The highest BCUT2D eigenvalue weighted by Crippen LogP contribution is 2.09. The van der Waals surface area contributed by atoms with E-state index in [4.69, 9.17) is 5.11 Å². The number of carboxylic acid groups (broad SMARTS) is 1. The Morgan fingerprint density at radius 1 is 1.39 bits per heavy atom. The molecule has 0 aromatic carbocycles. The van der Waals surface area contributed by atoms with E-state index in [2.05, 4.69) is 10.3 Å². The van der Waals surface area contributed by atoms with Crippen LogP contribution in [0, 0.1) is 0 Å². The van der Waals surface area contributed by atoms with Gasteiger partial charge in [0.1, 0.15) is 11.2 Å². The van der Waals surface area contributed by atoms with Crippen LogP contribution >= 0.6 is 0 Å². The van der Waals surface area contributed by atoms with E-state index in [1.54, 1.807) is 6.92 Å². The third-order valence-corrected chi connectivity index (χ3v) is 2.57. The van der Waals surface area contributed by atoms with Gasteiger partial charge in [-0.25, -0.2) is 9.59 Å². The normalized spacial score (nSPS) is 13.7. The summed E-state index contributed by atoms with van der Waals surface area (Å²) in [6.07, 6.45) is 0.154. The molecule has 0 radical (unpaired) electrons. The van der Waals surface area contributed by atoms with Gasteiger partial charge >= 0.3 is 11.7 Å². The topological polar surface area (TPSA) is 132 Å². The molecule has 1 amide bonds. The fraction of sp³-hybridized carbons (Fsp3) is 0.400. The number of hydrogen-bond acceptors (Lipinski definition) is 4. The van der Waals surface area contributed by atoms with Crippen molar-refractivity contribution in [1.29, 1.82) is 0 Å². The number of carbonyl (C=O) groups excluding carboxylic acids is 1. The van der Waals surface area contributed by atoms with Crippen LogP contribution in [0.1, 0.15) is 30.8 Å². The maximum absolute atomic E-state index is 11.7. The molecule has 1 unspecified atom stereocenters. The first kappa shape index (κ1) is 13.7. The van der Waals surface area contributed by atoms with Gasteiger partial charge in [-0.1, -0.05) is 6.92 Å². The van der Waals surface area contributed by atoms with E-state index >= 15 is 0 Å². The van der Waals surface area contributed by atoms with Crippen molar-refractivity contribution in [2.45, 2.75) is 25.8 Å². The molecular weight excluding hydrogens is 242 g/mol. The van der Waals surface area contributed by atoms with Gasteiger partial charge in [-0.3, -0.25) is 14.6 Å². The predicted octanol–water partition coefficient (Wildman–Crippen LogP) is -0.954. The van der Waals surface area contributed by atoms with E-state index < -0.39 is 28.7 Å². The number of aliphatic carboxylic acids is 1. The highest BCUT2D eigenvalue weighted by molar-refractivity contribution is 5.96. The summed E-state index contributed by atoms with van der Waals surface area (Å²) in [7, 11) is 0. The summed E-state index contributed by atoms with van der Waals surface area (Å²) < 4.78 is 0. The molecule has 1 heterocycles. The van der Waals surface area contributed by atoms with Crippen molar-refractivity contribution in [3.8, 4) is 0 Å². The minimum atomic E-state index is -1.46. The Bertz CT molecular complexity index is 559. The average Bonchev–Trinajstić information content (AvgIpc) is 2.27. The van der Waals surface area contributed by atoms with Gasteiger partial charge in [0, 0.05) is 6.07 Å². The van der Waals surface area contributed by atoms with Gasteiger partial charge in [0.2, 0.25) is 0 Å². The fourth-order valence-electron chi connectivity index (χ4n) is 1.20. The lowest BCUT2D eigenvalue weighted by Crippen LogP contribution is -2.52. The fourth-order valence-corrected chi connectivity index (χ4v) is 1.20. The van der Waals surface area contributed by atoms with Gasteiger partial charge < -0.3 is 15.4 Å². The molecule has 0 aliphatic rings. The smallest absolute Gasteiger partial charge is 0.329 e. The Labute approximate surface area is 101 Å². The molecule has 8 nitrogen and oxygen atoms in total. The van der Waals surface area contributed by atoms with E-state index in [1.807, 2.05) is 4.98 Å². The van der Waals surface area contributed by atoms with Gasteiger partial charge in [-0.15, -0.1) is 0 Å². The van der Waals surface area contributed by atoms with Crippen molar-refractivity contribution < 1.29 is 14.7 Å². The van der Waals surface area contributed by atoms with Gasteiger partial charge in [0.25, 0.3) is 11.5 Å². The third kappa shape index (κ3) is 2.84. The molecule has 18 heavy (non-hydrogen) atoms. The molecule has 0 fully saturated rings. The average molecular weight is 255 g/mol. The molecule has 1 aromatic heterocycles. The second-order valence-electron chi connectivity index (χ2n) is 3.95. The summed E-state index contributed by atoms with van der Waals surface area (Å²) in [4.78, 5) is 48.7. The first-order valence-corrected chi connectivity index (χ1v) is 5.18. The van der Waals surface area contributed by atoms with Gasteiger partial charge in [-0.05, 0) is 13.3 Å². The quantitative estimate of drug-likeness (QED) is 0.550. The summed E-state index contributed by atoms with van der Waals surface area (Å²) >= 11 is 0. The molecule has 8 heteroatoms. The van der Waals surface area contributed by atoms with E-state index in [9.17, 15) is 19.2 Å². The summed E-state index contributed by atoms with van der Waals surface area (Å²) in [6.45, 7) is 2.92. The van der Waals surface area contributed by atoms with Crippen LogP contribution in [0.5, 0.6) is 0 Å². The second kappa shape index (κ2) is 4.86. The summed E-state index contributed by atoms with van der Waals surface area (Å²) in [5, 5.41) is 11.2. The van der Waals surface area contributed by atoms with Crippen LogP contribution in [0.4, 0.5) is 0 Å². The van der Waals surface area contributed by atoms with E-state index in [-0.39, 0.29) is 12.1 Å². The predicted molar refractivity (Wildman–Crippen MR) is 61.5 cm³/mol. The monoisotopic (exact) mass is 255 g/mol. The molecule has 1 atom stereocenters. The molecule has 0 saturated carbocycles. The van der Waals surface area contributed by atoms with E-state index in [1.165, 1.54) is 6.92 Å². The number of amides is 1. The van der Waals surface area contributed by atoms with Crippen LogP contribution in [0.25, 0.3) is 0 Å². The third-order valence-electron chi connectivity index (χ3n) is 2.57. The number of carbonyl (C=O) groups is 2. The van der Waals surface area contributed by atoms with Gasteiger partial charge in [-0.2, -0.15) is 0 Å². The van der Waals surface area contributed by atoms with Crippen LogP contribution in [0.2, 0.25) is 0 Å². The van der Waals surface area contributed by atoms with E-state index in [0.29, 0.717) is 0 Å². The largest absolute Gasteiger partial charge is 0.480 e. The summed E-state index contributed by atoms with van der Waals surface area (Å²) in [6, 6.07) is 0.884. The zero-order chi connectivity index (χ0) is 13.9. The van der Waals surface area contributed by atoms with Gasteiger partial charge in [0.05, 0.1) is 0 Å². The first-order valence-electron chi connectivity index (χ1n) is 5.18. The van der Waals surface area contributed by atoms with Crippen LogP contribution < -0.4 is 16.6 Å². The number of rotatable bonds is 4. The summed E-state index contributed by atoms with van der Waals surface area (Å²) in [5.41, 5.74) is -3.32. The molecule has 1 aromatic rings. The highest BCUT2D eigenvalue weighted by Gasteiger charge is 2.33. The zero-order valence-electron chi connectivity index (χ0n) is 9.86. The molecule has 4 N–H and O–H groups in total. The lowest BCUT2D eigenvalue weighted by molar-refractivity contribution is -0.143. The number of H-pyrrole nitrogens is 2. The molecular formula is C10H13N3O5. The van der Waals surface area contributed by atoms with Crippen LogP contribution in [-0.2, 0) is 4.79 Å². The van der Waals surface area contributed by atoms with Crippen LogP contribution in [-0.4, -0.2) is 32.5 Å². The number of carboxylic acids is 1. The van der Waals surface area contributed by atoms with Gasteiger partial charge in [0.15, 0.2) is 0 Å². The Morgan fingerprint density at radius 3 is 2.44 bits per heavy atom. The Kier molecular flexibility index (Phi) is 3.70. The Balaban J connectivity index is 3.05. The molecule has 0 aliphatic carbocycles. The van der Waals surface area contributed by atoms with Crippen molar-refractivity contribution in [1.82, 2.24) is 15.3 Å². The van der Waals surface area contributed by atoms with Crippen LogP contribution in [0.3, 0.4) is 0 Å². The zero-order valence-corrected chi connectivity index (χ0v) is 9.86.